The van der Waals surface area contributed by atoms with Gasteiger partial charge in [0.15, 0.2) is 11.3 Å². The number of aromatic nitrogens is 1. The summed E-state index contributed by atoms with van der Waals surface area (Å²) < 4.78 is 0. The Balaban J connectivity index is 2.48. The third kappa shape index (κ3) is 2.54. The molecule has 0 unspecified atom stereocenters. The van der Waals surface area contributed by atoms with Crippen LogP contribution in [0.15, 0.2) is 10.5 Å². The maximum absolute atomic E-state index is 9.92. The molecule has 7 heteroatoms. The molecule has 0 saturated heterocycles. The van der Waals surface area contributed by atoms with Crippen LogP contribution in [-0.2, 0) is 4.79 Å². The lowest BCUT2D eigenvalue weighted by molar-refractivity contribution is -0.128. The molecule has 0 spiro atoms. The van der Waals surface area contributed by atoms with Gasteiger partial charge in [0, 0.05) is 0 Å². The third-order valence-electron chi connectivity index (χ3n) is 0.810. The number of nitrogens with two attached hydrogens (primary N) is 1. The van der Waals surface area contributed by atoms with Gasteiger partial charge in [0.1, 0.15) is 0 Å². The molecule has 0 aromatic carbocycles. The average molecular weight is 187 g/mol. The monoisotopic (exact) mass is 187 g/mol. The summed E-state index contributed by atoms with van der Waals surface area (Å²) in [4.78, 5) is 18.1. The summed E-state index contributed by atoms with van der Waals surface area (Å²) in [7, 11) is 0. The molecule has 0 amide bonds. The summed E-state index contributed by atoms with van der Waals surface area (Å²) in [6.07, 6.45) is 0.621. The van der Waals surface area contributed by atoms with Gasteiger partial charge in [-0.3, -0.25) is 0 Å². The second-order valence-corrected chi connectivity index (χ2v) is 2.58. The predicted octanol–water partition coefficient (Wildman–Crippen LogP) is 0.175. The van der Waals surface area contributed by atoms with E-state index < -0.39 is 5.97 Å². The van der Waals surface area contributed by atoms with Crippen LogP contribution >= 0.6 is 11.3 Å². The van der Waals surface area contributed by atoms with Crippen LogP contribution in [0.4, 0.5) is 5.13 Å². The minimum Gasteiger partial charge on any atom is -0.477 e. The first-order valence-corrected chi connectivity index (χ1v) is 3.71. The van der Waals surface area contributed by atoms with Crippen molar-refractivity contribution in [3.8, 4) is 5.88 Å². The molecule has 0 aliphatic carbocycles. The van der Waals surface area contributed by atoms with Gasteiger partial charge in [-0.25, -0.2) is 4.79 Å². The van der Waals surface area contributed by atoms with E-state index in [1.165, 1.54) is 16.7 Å². The highest BCUT2D eigenvalue weighted by Gasteiger charge is 1.97. The fourth-order valence-electron chi connectivity index (χ4n) is 0.439. The molecule has 0 saturated carbocycles. The van der Waals surface area contributed by atoms with Gasteiger partial charge in [-0.1, -0.05) is 5.16 Å². The summed E-state index contributed by atoms with van der Waals surface area (Å²) in [5, 5.41) is 13.1. The number of aliphatic carboxylic acids is 1. The van der Waals surface area contributed by atoms with Gasteiger partial charge < -0.3 is 15.7 Å². The molecule has 0 aliphatic heterocycles. The number of anilines is 1. The molecule has 0 fully saturated rings. The number of nitrogens with zero attached hydrogens (tertiary/aromatic N) is 2. The molecular weight excluding hydrogens is 182 g/mol. The van der Waals surface area contributed by atoms with Gasteiger partial charge in [0.05, 0.1) is 5.38 Å². The first-order valence-electron chi connectivity index (χ1n) is 2.83. The largest absolute Gasteiger partial charge is 0.477 e. The highest BCUT2D eigenvalue weighted by atomic mass is 32.1. The lowest BCUT2D eigenvalue weighted by atomic mass is 10.8. The summed E-state index contributed by atoms with van der Waals surface area (Å²) in [6.45, 7) is 0. The predicted molar refractivity (Wildman–Crippen MR) is 43.3 cm³/mol. The molecule has 6 nitrogen and oxygen atoms in total. The number of oxime groups is 1. The van der Waals surface area contributed by atoms with Crippen LogP contribution in [0.2, 0.25) is 0 Å². The Morgan fingerprint density at radius 3 is 3.17 bits per heavy atom. The van der Waals surface area contributed by atoms with E-state index in [0.29, 0.717) is 11.3 Å². The zero-order valence-electron chi connectivity index (χ0n) is 5.80. The molecule has 0 bridgehead atoms. The molecular formula is C5H5N3O3S. The van der Waals surface area contributed by atoms with Crippen LogP contribution in [0.5, 0.6) is 5.88 Å². The smallest absolute Gasteiger partial charge is 0.350 e. The third-order valence-corrected chi connectivity index (χ3v) is 1.46. The molecule has 12 heavy (non-hydrogen) atoms. The van der Waals surface area contributed by atoms with Gasteiger partial charge >= 0.3 is 5.97 Å². The topological polar surface area (TPSA) is 97.8 Å². The molecule has 1 aromatic heterocycles. The Labute approximate surface area is 71.3 Å². The van der Waals surface area contributed by atoms with E-state index in [0.717, 1.165) is 0 Å². The number of carboxylic acids is 1. The van der Waals surface area contributed by atoms with Gasteiger partial charge in [0.2, 0.25) is 0 Å². The summed E-state index contributed by atoms with van der Waals surface area (Å²) in [5.74, 6) is -0.992. The molecule has 0 aliphatic rings. The van der Waals surface area contributed by atoms with E-state index in [2.05, 4.69) is 15.0 Å². The number of hydrogen-bond acceptors (Lipinski definition) is 6. The second-order valence-electron chi connectivity index (χ2n) is 1.69. The van der Waals surface area contributed by atoms with Crippen molar-refractivity contribution in [1.29, 1.82) is 0 Å². The van der Waals surface area contributed by atoms with Gasteiger partial charge in [0.25, 0.3) is 5.88 Å². The van der Waals surface area contributed by atoms with Gasteiger partial charge in [-0.05, 0) is 0 Å². The van der Waals surface area contributed by atoms with Crippen molar-refractivity contribution in [1.82, 2.24) is 4.98 Å². The van der Waals surface area contributed by atoms with Crippen molar-refractivity contribution in [2.24, 2.45) is 5.16 Å². The van der Waals surface area contributed by atoms with Crippen molar-refractivity contribution < 1.29 is 14.7 Å². The molecule has 0 atom stereocenters. The summed E-state index contributed by atoms with van der Waals surface area (Å²) in [6, 6.07) is 0. The van der Waals surface area contributed by atoms with E-state index in [1.807, 2.05) is 0 Å². The molecule has 1 aromatic rings. The Morgan fingerprint density at radius 2 is 2.67 bits per heavy atom. The first kappa shape index (κ1) is 8.47. The van der Waals surface area contributed by atoms with E-state index in [1.54, 1.807) is 0 Å². The Hall–Kier alpha value is -1.63. The van der Waals surface area contributed by atoms with E-state index in [9.17, 15) is 4.79 Å². The van der Waals surface area contributed by atoms with Crippen LogP contribution < -0.4 is 10.6 Å². The molecule has 64 valence electrons. The van der Waals surface area contributed by atoms with Crippen molar-refractivity contribution in [2.45, 2.75) is 0 Å². The Bertz CT molecular complexity index is 309. The molecule has 3 N–H and O–H groups in total. The number of nitrogen functional groups attached to an aromatic ring is 1. The minimum atomic E-state index is -1.18. The Kier molecular flexibility index (Phi) is 2.59. The van der Waals surface area contributed by atoms with Crippen LogP contribution in [0.1, 0.15) is 0 Å². The SMILES string of the molecule is Nc1nc(O/N=C\C(=O)O)cs1. The Morgan fingerprint density at radius 1 is 1.92 bits per heavy atom. The maximum atomic E-state index is 9.92. The molecule has 1 heterocycles. The standard InChI is InChI=1S/C5H5N3O3S/c6-5-8-3(2-12-5)11-7-1-4(9)10/h1-2H,(H2,6,8)(H,9,10)/b7-1-. The normalized spacial score (nSPS) is 10.3. The summed E-state index contributed by atoms with van der Waals surface area (Å²) in [5.41, 5.74) is 5.27. The van der Waals surface area contributed by atoms with Crippen LogP contribution in [0.3, 0.4) is 0 Å². The van der Waals surface area contributed by atoms with Crippen LogP contribution in [0.25, 0.3) is 0 Å². The van der Waals surface area contributed by atoms with Crippen molar-refractivity contribution in [2.75, 3.05) is 5.73 Å². The lowest BCUT2D eigenvalue weighted by Gasteiger charge is -1.87. The van der Waals surface area contributed by atoms with E-state index in [4.69, 9.17) is 10.8 Å². The van der Waals surface area contributed by atoms with Crippen molar-refractivity contribution in [3.63, 3.8) is 0 Å². The zero-order chi connectivity index (χ0) is 8.97. The van der Waals surface area contributed by atoms with E-state index in [-0.39, 0.29) is 5.88 Å². The van der Waals surface area contributed by atoms with Crippen molar-refractivity contribution in [3.05, 3.63) is 5.38 Å². The van der Waals surface area contributed by atoms with E-state index >= 15 is 0 Å². The highest BCUT2D eigenvalue weighted by molar-refractivity contribution is 7.13. The first-order chi connectivity index (χ1) is 5.68. The number of carboxylic acid groups (broad SMARTS) is 1. The maximum Gasteiger partial charge on any atom is 0.350 e. The number of carbonyl (C=O) groups is 1. The minimum absolute atomic E-state index is 0.190. The second kappa shape index (κ2) is 3.67. The molecule has 0 radical (unpaired) electrons. The summed E-state index contributed by atoms with van der Waals surface area (Å²) >= 11 is 1.18. The van der Waals surface area contributed by atoms with Crippen molar-refractivity contribution >= 4 is 28.7 Å². The lowest BCUT2D eigenvalue weighted by Crippen LogP contribution is -1.97. The van der Waals surface area contributed by atoms with Crippen LogP contribution in [0, 0.1) is 0 Å². The number of hydrogen-bond donors (Lipinski definition) is 2. The molecule has 1 rings (SSSR count). The highest BCUT2D eigenvalue weighted by Crippen LogP contribution is 2.17. The quantitative estimate of drug-likeness (QED) is 0.519. The van der Waals surface area contributed by atoms with Gasteiger partial charge in [-0.15, -0.1) is 11.3 Å². The average Bonchev–Trinajstić information content (AvgIpc) is 2.35. The van der Waals surface area contributed by atoms with Gasteiger partial charge in [-0.2, -0.15) is 4.98 Å². The zero-order valence-corrected chi connectivity index (χ0v) is 6.61. The fraction of sp³-hybridized carbons (Fsp3) is 0. The van der Waals surface area contributed by atoms with Crippen LogP contribution in [-0.4, -0.2) is 22.3 Å². The number of rotatable bonds is 3. The number of thiazole rings is 1. The fourth-order valence-corrected chi connectivity index (χ4v) is 0.899.